The summed E-state index contributed by atoms with van der Waals surface area (Å²) in [7, 11) is 2.16. The number of aryl methyl sites for hydroxylation is 1. The molecule has 0 radical (unpaired) electrons. The standard InChI is InChI=1S/C20H28N2O2/c1-14-4-5-18-16(10-14)12-22(19(23)17-11-15(17)2)13-20(24-18)6-8-21(3)9-7-20/h4-5,10,15,17H,6-9,11-13H2,1-3H3/t15-,17-/m1/s1. The molecule has 130 valence electrons. The van der Waals surface area contributed by atoms with E-state index in [1.165, 1.54) is 5.56 Å². The Balaban J connectivity index is 1.66. The lowest BCUT2D eigenvalue weighted by Gasteiger charge is -2.41. The van der Waals surface area contributed by atoms with Gasteiger partial charge in [0.05, 0.1) is 6.54 Å². The fraction of sp³-hybridized carbons (Fsp3) is 0.650. The highest BCUT2D eigenvalue weighted by atomic mass is 16.5. The van der Waals surface area contributed by atoms with E-state index >= 15 is 0 Å². The molecule has 4 heteroatoms. The van der Waals surface area contributed by atoms with Gasteiger partial charge in [-0.1, -0.05) is 24.6 Å². The number of benzene rings is 1. The van der Waals surface area contributed by atoms with E-state index in [2.05, 4.69) is 48.9 Å². The molecule has 1 aliphatic carbocycles. The van der Waals surface area contributed by atoms with Crippen molar-refractivity contribution in [1.82, 2.24) is 9.80 Å². The molecule has 1 aromatic rings. The molecule has 0 bridgehead atoms. The Bertz CT molecular complexity index is 649. The SMILES string of the molecule is Cc1ccc2c(c1)CN(C(=O)[C@@H]1C[C@H]1C)CC1(CCN(C)CC1)O2. The third-order valence-electron chi connectivity index (χ3n) is 6.02. The highest BCUT2D eigenvalue weighted by Gasteiger charge is 2.46. The highest BCUT2D eigenvalue weighted by Crippen LogP contribution is 2.42. The largest absolute Gasteiger partial charge is 0.485 e. The van der Waals surface area contributed by atoms with Crippen molar-refractivity contribution < 1.29 is 9.53 Å². The minimum absolute atomic E-state index is 0.221. The Morgan fingerprint density at radius 3 is 2.67 bits per heavy atom. The maximum absolute atomic E-state index is 13.0. The van der Waals surface area contributed by atoms with Crippen LogP contribution < -0.4 is 4.74 Å². The summed E-state index contributed by atoms with van der Waals surface area (Å²) in [5, 5.41) is 0. The van der Waals surface area contributed by atoms with E-state index in [1.807, 2.05) is 0 Å². The van der Waals surface area contributed by atoms with Crippen molar-refractivity contribution in [1.29, 1.82) is 0 Å². The summed E-state index contributed by atoms with van der Waals surface area (Å²) in [4.78, 5) is 17.4. The fourth-order valence-electron chi connectivity index (χ4n) is 4.15. The van der Waals surface area contributed by atoms with Gasteiger partial charge in [0, 0.05) is 44.0 Å². The van der Waals surface area contributed by atoms with Gasteiger partial charge in [-0.3, -0.25) is 4.79 Å². The summed E-state index contributed by atoms with van der Waals surface area (Å²) in [5.41, 5.74) is 2.16. The third-order valence-corrected chi connectivity index (χ3v) is 6.02. The predicted molar refractivity (Wildman–Crippen MR) is 94.0 cm³/mol. The molecule has 2 atom stereocenters. The van der Waals surface area contributed by atoms with Crippen LogP contribution in [-0.4, -0.2) is 48.0 Å². The predicted octanol–water partition coefficient (Wildman–Crippen LogP) is 2.84. The van der Waals surface area contributed by atoms with Crippen LogP contribution in [0, 0.1) is 18.8 Å². The number of carbonyl (C=O) groups excluding carboxylic acids is 1. The first-order chi connectivity index (χ1) is 11.5. The third kappa shape index (κ3) is 2.92. The Morgan fingerprint density at radius 1 is 1.29 bits per heavy atom. The molecular formula is C20H28N2O2. The first-order valence-corrected chi connectivity index (χ1v) is 9.22. The van der Waals surface area contributed by atoms with Crippen molar-refractivity contribution in [3.63, 3.8) is 0 Å². The monoisotopic (exact) mass is 328 g/mol. The summed E-state index contributed by atoms with van der Waals surface area (Å²) in [5.74, 6) is 2.09. The Hall–Kier alpha value is -1.55. The van der Waals surface area contributed by atoms with Crippen LogP contribution in [0.1, 0.15) is 37.3 Å². The summed E-state index contributed by atoms with van der Waals surface area (Å²) < 4.78 is 6.58. The Morgan fingerprint density at radius 2 is 2.00 bits per heavy atom. The molecular weight excluding hydrogens is 300 g/mol. The molecule has 1 aromatic carbocycles. The van der Waals surface area contributed by atoms with E-state index in [9.17, 15) is 4.79 Å². The average molecular weight is 328 g/mol. The first-order valence-electron chi connectivity index (χ1n) is 9.22. The second-order valence-corrected chi connectivity index (χ2v) is 8.21. The Kier molecular flexibility index (Phi) is 3.83. The summed E-state index contributed by atoms with van der Waals surface area (Å²) in [6.07, 6.45) is 3.02. The van der Waals surface area contributed by atoms with E-state index in [0.29, 0.717) is 18.4 Å². The zero-order valence-electron chi connectivity index (χ0n) is 15.0. The molecule has 2 heterocycles. The van der Waals surface area contributed by atoms with Crippen LogP contribution in [0.2, 0.25) is 0 Å². The van der Waals surface area contributed by atoms with E-state index in [0.717, 1.165) is 50.2 Å². The van der Waals surface area contributed by atoms with Gasteiger partial charge in [0.2, 0.25) is 5.91 Å². The number of rotatable bonds is 1. The van der Waals surface area contributed by atoms with Gasteiger partial charge in [0.25, 0.3) is 0 Å². The summed E-state index contributed by atoms with van der Waals surface area (Å²) in [6.45, 7) is 7.77. The van der Waals surface area contributed by atoms with E-state index in [-0.39, 0.29) is 11.5 Å². The molecule has 1 spiro atoms. The number of likely N-dealkylation sites (tertiary alicyclic amines) is 1. The van der Waals surface area contributed by atoms with Gasteiger partial charge in [-0.15, -0.1) is 0 Å². The summed E-state index contributed by atoms with van der Waals surface area (Å²) in [6, 6.07) is 6.39. The van der Waals surface area contributed by atoms with Gasteiger partial charge >= 0.3 is 0 Å². The van der Waals surface area contributed by atoms with Crippen LogP contribution in [-0.2, 0) is 11.3 Å². The highest BCUT2D eigenvalue weighted by molar-refractivity contribution is 5.82. The molecule has 2 aliphatic heterocycles. The Labute approximate surface area is 144 Å². The number of ether oxygens (including phenoxy) is 1. The molecule has 24 heavy (non-hydrogen) atoms. The van der Waals surface area contributed by atoms with Crippen molar-refractivity contribution in [2.75, 3.05) is 26.7 Å². The number of hydrogen-bond donors (Lipinski definition) is 0. The zero-order chi connectivity index (χ0) is 16.9. The number of piperidine rings is 1. The second kappa shape index (κ2) is 5.76. The lowest BCUT2D eigenvalue weighted by atomic mass is 9.90. The van der Waals surface area contributed by atoms with Crippen LogP contribution in [0.5, 0.6) is 5.75 Å². The van der Waals surface area contributed by atoms with E-state index in [1.54, 1.807) is 0 Å². The minimum Gasteiger partial charge on any atom is -0.485 e. The van der Waals surface area contributed by atoms with Crippen molar-refractivity contribution in [2.24, 2.45) is 11.8 Å². The van der Waals surface area contributed by atoms with Gasteiger partial charge in [0.1, 0.15) is 11.4 Å². The fourth-order valence-corrected chi connectivity index (χ4v) is 4.15. The van der Waals surface area contributed by atoms with Crippen molar-refractivity contribution >= 4 is 5.91 Å². The number of hydrogen-bond acceptors (Lipinski definition) is 3. The molecule has 4 nitrogen and oxygen atoms in total. The van der Waals surface area contributed by atoms with Gasteiger partial charge in [-0.25, -0.2) is 0 Å². The van der Waals surface area contributed by atoms with Gasteiger partial charge in [-0.05, 0) is 32.4 Å². The number of amides is 1. The molecule has 4 rings (SSSR count). The summed E-state index contributed by atoms with van der Waals surface area (Å²) >= 11 is 0. The number of nitrogens with zero attached hydrogens (tertiary/aromatic N) is 2. The van der Waals surface area contributed by atoms with Gasteiger partial charge < -0.3 is 14.5 Å². The second-order valence-electron chi connectivity index (χ2n) is 8.21. The molecule has 1 saturated carbocycles. The van der Waals surface area contributed by atoms with Crippen LogP contribution in [0.25, 0.3) is 0 Å². The zero-order valence-corrected chi connectivity index (χ0v) is 15.0. The quantitative estimate of drug-likeness (QED) is 0.795. The lowest BCUT2D eigenvalue weighted by Crippen LogP contribution is -2.53. The molecule has 2 fully saturated rings. The first kappa shape index (κ1) is 15.9. The van der Waals surface area contributed by atoms with Gasteiger partial charge in [-0.2, -0.15) is 0 Å². The van der Waals surface area contributed by atoms with Crippen molar-refractivity contribution in [2.45, 2.75) is 45.3 Å². The molecule has 3 aliphatic rings. The van der Waals surface area contributed by atoms with E-state index in [4.69, 9.17) is 4.74 Å². The van der Waals surface area contributed by atoms with Crippen LogP contribution in [0.15, 0.2) is 18.2 Å². The van der Waals surface area contributed by atoms with Crippen LogP contribution >= 0.6 is 0 Å². The molecule has 0 unspecified atom stereocenters. The van der Waals surface area contributed by atoms with Crippen molar-refractivity contribution in [3.8, 4) is 5.75 Å². The molecule has 0 aromatic heterocycles. The van der Waals surface area contributed by atoms with Crippen molar-refractivity contribution in [3.05, 3.63) is 29.3 Å². The average Bonchev–Trinajstić information content (AvgIpc) is 3.30. The van der Waals surface area contributed by atoms with Crippen LogP contribution in [0.4, 0.5) is 0 Å². The normalized spacial score (nSPS) is 28.9. The minimum atomic E-state index is -0.221. The van der Waals surface area contributed by atoms with Gasteiger partial charge in [0.15, 0.2) is 0 Å². The molecule has 1 amide bonds. The molecule has 0 N–H and O–H groups in total. The van der Waals surface area contributed by atoms with Crippen LogP contribution in [0.3, 0.4) is 0 Å². The maximum atomic E-state index is 13.0. The number of fused-ring (bicyclic) bond motifs is 1. The smallest absolute Gasteiger partial charge is 0.226 e. The molecule has 1 saturated heterocycles. The lowest BCUT2D eigenvalue weighted by molar-refractivity contribution is -0.136. The van der Waals surface area contributed by atoms with E-state index < -0.39 is 0 Å². The topological polar surface area (TPSA) is 32.8 Å². The maximum Gasteiger partial charge on any atom is 0.226 e. The number of carbonyl (C=O) groups is 1.